The van der Waals surface area contributed by atoms with Gasteiger partial charge in [0, 0.05) is 18.1 Å². The van der Waals surface area contributed by atoms with Gasteiger partial charge < -0.3 is 5.32 Å². The van der Waals surface area contributed by atoms with Crippen molar-refractivity contribution in [3.63, 3.8) is 0 Å². The fourth-order valence-corrected chi connectivity index (χ4v) is 1.95. The van der Waals surface area contributed by atoms with Crippen LogP contribution in [0.1, 0.15) is 5.69 Å². The van der Waals surface area contributed by atoms with Crippen LogP contribution in [0.3, 0.4) is 0 Å². The van der Waals surface area contributed by atoms with Crippen LogP contribution in [-0.2, 0) is 6.54 Å². The molecule has 3 rings (SSSR count). The Labute approximate surface area is 104 Å². The molecule has 0 bridgehead atoms. The highest BCUT2D eigenvalue weighted by Gasteiger charge is 2.06. The summed E-state index contributed by atoms with van der Waals surface area (Å²) in [6, 6.07) is 10.0. The van der Waals surface area contributed by atoms with E-state index in [1.165, 1.54) is 0 Å². The molecule has 0 atom stereocenters. The Morgan fingerprint density at radius 3 is 3.00 bits per heavy atom. The Morgan fingerprint density at radius 1 is 1.22 bits per heavy atom. The fourth-order valence-electron chi connectivity index (χ4n) is 1.95. The van der Waals surface area contributed by atoms with Crippen molar-refractivity contribution in [3.05, 3.63) is 48.4 Å². The summed E-state index contributed by atoms with van der Waals surface area (Å²) in [6.45, 7) is 0.707. The standard InChI is InChI=1S/C13H13N5/c1-14-8-11-9-18(17-16-11)12-6-2-4-10-5-3-7-15-13(10)12/h2-7,9,14H,8H2,1H3. The average Bonchev–Trinajstić information content (AvgIpc) is 2.87. The number of rotatable bonds is 3. The minimum absolute atomic E-state index is 0.707. The van der Waals surface area contributed by atoms with Crippen molar-refractivity contribution >= 4 is 10.9 Å². The quantitative estimate of drug-likeness (QED) is 0.753. The molecule has 3 aromatic rings. The molecule has 2 aromatic heterocycles. The molecule has 0 unspecified atom stereocenters. The molecule has 0 fully saturated rings. The summed E-state index contributed by atoms with van der Waals surface area (Å²) in [5.41, 5.74) is 2.79. The molecule has 0 aliphatic carbocycles. The van der Waals surface area contributed by atoms with Crippen LogP contribution in [0.25, 0.3) is 16.6 Å². The summed E-state index contributed by atoms with van der Waals surface area (Å²) in [5, 5.41) is 12.4. The maximum atomic E-state index is 4.41. The molecular weight excluding hydrogens is 226 g/mol. The van der Waals surface area contributed by atoms with Gasteiger partial charge in [0.2, 0.25) is 0 Å². The van der Waals surface area contributed by atoms with Gasteiger partial charge in [0.15, 0.2) is 0 Å². The van der Waals surface area contributed by atoms with Gasteiger partial charge in [-0.15, -0.1) is 5.10 Å². The second-order valence-electron chi connectivity index (χ2n) is 4.04. The van der Waals surface area contributed by atoms with E-state index in [0.717, 1.165) is 22.3 Å². The molecule has 0 saturated heterocycles. The van der Waals surface area contributed by atoms with Crippen LogP contribution in [-0.4, -0.2) is 27.0 Å². The van der Waals surface area contributed by atoms with Gasteiger partial charge in [-0.2, -0.15) is 0 Å². The van der Waals surface area contributed by atoms with Gasteiger partial charge in [-0.3, -0.25) is 4.98 Å². The number of nitrogens with zero attached hydrogens (tertiary/aromatic N) is 4. The van der Waals surface area contributed by atoms with E-state index in [1.54, 1.807) is 10.9 Å². The highest BCUT2D eigenvalue weighted by Crippen LogP contribution is 2.18. The lowest BCUT2D eigenvalue weighted by atomic mass is 10.2. The molecule has 1 aromatic carbocycles. The number of benzene rings is 1. The minimum atomic E-state index is 0.707. The van der Waals surface area contributed by atoms with E-state index in [-0.39, 0.29) is 0 Å². The first kappa shape index (κ1) is 10.9. The van der Waals surface area contributed by atoms with Crippen molar-refractivity contribution < 1.29 is 0 Å². The number of pyridine rings is 1. The Bertz CT molecular complexity index is 668. The zero-order valence-corrected chi connectivity index (χ0v) is 10.0. The van der Waals surface area contributed by atoms with Gasteiger partial charge in [-0.1, -0.05) is 23.4 Å². The van der Waals surface area contributed by atoms with E-state index in [9.17, 15) is 0 Å². The number of fused-ring (bicyclic) bond motifs is 1. The SMILES string of the molecule is CNCc1cn(-c2cccc3cccnc23)nn1. The molecule has 0 aliphatic heterocycles. The number of nitrogens with one attached hydrogen (secondary N) is 1. The van der Waals surface area contributed by atoms with Gasteiger partial charge in [-0.05, 0) is 19.2 Å². The summed E-state index contributed by atoms with van der Waals surface area (Å²) >= 11 is 0. The lowest BCUT2D eigenvalue weighted by molar-refractivity contribution is 0.768. The van der Waals surface area contributed by atoms with Crippen molar-refractivity contribution in [1.82, 2.24) is 25.3 Å². The predicted octanol–water partition coefficient (Wildman–Crippen LogP) is 1.53. The van der Waals surface area contributed by atoms with Gasteiger partial charge >= 0.3 is 0 Å². The van der Waals surface area contributed by atoms with Crippen LogP contribution in [0.4, 0.5) is 0 Å². The zero-order chi connectivity index (χ0) is 12.4. The smallest absolute Gasteiger partial charge is 0.0969 e. The van der Waals surface area contributed by atoms with Gasteiger partial charge in [0.1, 0.15) is 0 Å². The number of hydrogen-bond acceptors (Lipinski definition) is 4. The van der Waals surface area contributed by atoms with E-state index in [0.29, 0.717) is 6.54 Å². The van der Waals surface area contributed by atoms with Crippen molar-refractivity contribution in [1.29, 1.82) is 0 Å². The summed E-state index contributed by atoms with van der Waals surface area (Å²) in [7, 11) is 1.89. The highest BCUT2D eigenvalue weighted by atomic mass is 15.4. The summed E-state index contributed by atoms with van der Waals surface area (Å²) in [6.07, 6.45) is 3.71. The van der Waals surface area contributed by atoms with Crippen molar-refractivity contribution in [3.8, 4) is 5.69 Å². The minimum Gasteiger partial charge on any atom is -0.314 e. The van der Waals surface area contributed by atoms with E-state index in [1.807, 2.05) is 43.6 Å². The molecule has 0 aliphatic rings. The predicted molar refractivity (Wildman–Crippen MR) is 69.4 cm³/mol. The topological polar surface area (TPSA) is 55.6 Å². The van der Waals surface area contributed by atoms with Crippen molar-refractivity contribution in [2.24, 2.45) is 0 Å². The van der Waals surface area contributed by atoms with E-state index < -0.39 is 0 Å². The first-order valence-corrected chi connectivity index (χ1v) is 5.78. The van der Waals surface area contributed by atoms with Gasteiger partial charge in [0.25, 0.3) is 0 Å². The van der Waals surface area contributed by atoms with Crippen LogP contribution in [0.15, 0.2) is 42.7 Å². The number of hydrogen-bond donors (Lipinski definition) is 1. The lowest BCUT2D eigenvalue weighted by Crippen LogP contribution is -2.05. The van der Waals surface area contributed by atoms with Crippen LogP contribution >= 0.6 is 0 Å². The normalized spacial score (nSPS) is 10.9. The first-order valence-electron chi connectivity index (χ1n) is 5.78. The van der Waals surface area contributed by atoms with Crippen LogP contribution in [0.2, 0.25) is 0 Å². The average molecular weight is 239 g/mol. The molecule has 90 valence electrons. The molecule has 5 nitrogen and oxygen atoms in total. The molecule has 2 heterocycles. The summed E-state index contributed by atoms with van der Waals surface area (Å²) in [4.78, 5) is 4.41. The Morgan fingerprint density at radius 2 is 2.11 bits per heavy atom. The first-order chi connectivity index (χ1) is 8.88. The van der Waals surface area contributed by atoms with E-state index in [4.69, 9.17) is 0 Å². The molecular formula is C13H13N5. The maximum Gasteiger partial charge on any atom is 0.0969 e. The number of aromatic nitrogens is 4. The molecule has 0 saturated carbocycles. The second kappa shape index (κ2) is 4.54. The third-order valence-electron chi connectivity index (χ3n) is 2.76. The molecule has 18 heavy (non-hydrogen) atoms. The molecule has 1 N–H and O–H groups in total. The molecule has 0 amide bonds. The Balaban J connectivity index is 2.12. The largest absolute Gasteiger partial charge is 0.314 e. The molecule has 0 radical (unpaired) electrons. The summed E-state index contributed by atoms with van der Waals surface area (Å²) in [5.74, 6) is 0. The van der Waals surface area contributed by atoms with E-state index >= 15 is 0 Å². The van der Waals surface area contributed by atoms with Crippen molar-refractivity contribution in [2.45, 2.75) is 6.54 Å². The highest BCUT2D eigenvalue weighted by molar-refractivity contribution is 5.85. The van der Waals surface area contributed by atoms with Crippen LogP contribution < -0.4 is 5.32 Å². The van der Waals surface area contributed by atoms with Crippen LogP contribution in [0.5, 0.6) is 0 Å². The Hall–Kier alpha value is -2.27. The maximum absolute atomic E-state index is 4.41. The van der Waals surface area contributed by atoms with Gasteiger partial charge in [0.05, 0.1) is 23.1 Å². The third kappa shape index (κ3) is 1.84. The monoisotopic (exact) mass is 239 g/mol. The second-order valence-corrected chi connectivity index (χ2v) is 4.04. The van der Waals surface area contributed by atoms with Gasteiger partial charge in [-0.25, -0.2) is 4.68 Å². The van der Waals surface area contributed by atoms with Crippen LogP contribution in [0, 0.1) is 0 Å². The molecule has 5 heteroatoms. The van der Waals surface area contributed by atoms with E-state index in [2.05, 4.69) is 20.6 Å². The Kier molecular flexibility index (Phi) is 2.74. The third-order valence-corrected chi connectivity index (χ3v) is 2.76. The molecule has 0 spiro atoms. The van der Waals surface area contributed by atoms with Crippen molar-refractivity contribution in [2.75, 3.05) is 7.05 Å². The number of para-hydroxylation sites is 1. The fraction of sp³-hybridized carbons (Fsp3) is 0.154. The zero-order valence-electron chi connectivity index (χ0n) is 10.0. The summed E-state index contributed by atoms with van der Waals surface area (Å²) < 4.78 is 1.77. The lowest BCUT2D eigenvalue weighted by Gasteiger charge is -2.03.